The van der Waals surface area contributed by atoms with Gasteiger partial charge < -0.3 is 14.2 Å². The first-order chi connectivity index (χ1) is 9.24. The van der Waals surface area contributed by atoms with Crippen LogP contribution in [0.5, 0.6) is 0 Å². The van der Waals surface area contributed by atoms with Gasteiger partial charge in [0.1, 0.15) is 18.9 Å². The summed E-state index contributed by atoms with van der Waals surface area (Å²) in [4.78, 5) is 11.9. The van der Waals surface area contributed by atoms with Crippen molar-refractivity contribution in [3.63, 3.8) is 0 Å². The Morgan fingerprint density at radius 3 is 2.74 bits per heavy atom. The van der Waals surface area contributed by atoms with Crippen molar-refractivity contribution in [1.82, 2.24) is 0 Å². The average Bonchev–Trinajstić information content (AvgIpc) is 2.48. The monoisotopic (exact) mass is 268 g/mol. The molecule has 1 aromatic rings. The average molecular weight is 268 g/mol. The van der Waals surface area contributed by atoms with Crippen LogP contribution in [0.1, 0.15) is 23.2 Å². The lowest BCUT2D eigenvalue weighted by Gasteiger charge is -2.33. The molecule has 1 fully saturated rings. The summed E-state index contributed by atoms with van der Waals surface area (Å²) in [7, 11) is 1.51. The molecule has 1 saturated heterocycles. The fourth-order valence-electron chi connectivity index (χ4n) is 2.06. The number of carbonyl (C=O) groups excluding carboxylic acids is 1. The minimum atomic E-state index is -0.758. The minimum absolute atomic E-state index is 0.424. The first kappa shape index (κ1) is 14.0. The molecule has 3 atom stereocenters. The Morgan fingerprint density at radius 1 is 1.37 bits per heavy atom. The van der Waals surface area contributed by atoms with Crippen LogP contribution in [-0.4, -0.2) is 38.3 Å². The van der Waals surface area contributed by atoms with Gasteiger partial charge in [0, 0.05) is 13.5 Å². The maximum absolute atomic E-state index is 12.9. The Kier molecular flexibility index (Phi) is 4.87. The lowest BCUT2D eigenvalue weighted by atomic mass is 10.1. The second kappa shape index (κ2) is 6.63. The predicted octanol–water partition coefficient (Wildman–Crippen LogP) is 2.33. The van der Waals surface area contributed by atoms with Crippen LogP contribution in [0.2, 0.25) is 0 Å². The van der Waals surface area contributed by atoms with Crippen molar-refractivity contribution >= 4 is 5.97 Å². The molecule has 5 heteroatoms. The van der Waals surface area contributed by atoms with Crippen molar-refractivity contribution in [2.45, 2.75) is 31.3 Å². The molecule has 0 aliphatic carbocycles. The molecule has 1 aliphatic heterocycles. The molecule has 0 amide bonds. The summed E-state index contributed by atoms with van der Waals surface area (Å²) in [5.74, 6) is -0.455. The Hall–Kier alpha value is -1.46. The molecule has 0 aromatic heterocycles. The van der Waals surface area contributed by atoms with E-state index in [0.29, 0.717) is 18.4 Å². The van der Waals surface area contributed by atoms with Crippen molar-refractivity contribution < 1.29 is 23.4 Å². The Morgan fingerprint density at radius 2 is 2.11 bits per heavy atom. The molecule has 0 spiro atoms. The van der Waals surface area contributed by atoms with Crippen LogP contribution >= 0.6 is 0 Å². The topological polar surface area (TPSA) is 44.8 Å². The summed E-state index contributed by atoms with van der Waals surface area (Å²) in [6, 6.07) is 8.64. The molecule has 2 rings (SSSR count). The molecule has 0 bridgehead atoms. The van der Waals surface area contributed by atoms with Gasteiger partial charge in [0.15, 0.2) is 6.29 Å². The zero-order valence-electron chi connectivity index (χ0n) is 10.8. The van der Waals surface area contributed by atoms with E-state index in [1.54, 1.807) is 24.3 Å². The van der Waals surface area contributed by atoms with Gasteiger partial charge in [-0.3, -0.25) is 0 Å². The van der Waals surface area contributed by atoms with Crippen molar-refractivity contribution in [3.05, 3.63) is 35.9 Å². The first-order valence-corrected chi connectivity index (χ1v) is 6.25. The quantitative estimate of drug-likeness (QED) is 0.786. The van der Waals surface area contributed by atoms with Gasteiger partial charge in [0.25, 0.3) is 0 Å². The molecular formula is C14H17FO4. The van der Waals surface area contributed by atoms with E-state index in [2.05, 4.69) is 0 Å². The van der Waals surface area contributed by atoms with Crippen molar-refractivity contribution in [2.75, 3.05) is 13.8 Å². The minimum Gasteiger partial charge on any atom is -0.456 e. The summed E-state index contributed by atoms with van der Waals surface area (Å²) in [5, 5.41) is 0. The fourth-order valence-corrected chi connectivity index (χ4v) is 2.06. The molecule has 4 nitrogen and oxygen atoms in total. The molecule has 104 valence electrons. The molecule has 1 heterocycles. The molecule has 0 unspecified atom stereocenters. The third-order valence-electron chi connectivity index (χ3n) is 3.11. The van der Waals surface area contributed by atoms with Crippen LogP contribution in [0.25, 0.3) is 0 Å². The van der Waals surface area contributed by atoms with Crippen LogP contribution < -0.4 is 0 Å². The number of hydrogen-bond donors (Lipinski definition) is 0. The van der Waals surface area contributed by atoms with E-state index in [9.17, 15) is 9.18 Å². The number of methoxy groups -OCH3 is 1. The van der Waals surface area contributed by atoms with E-state index in [-0.39, 0.29) is 0 Å². The summed E-state index contributed by atoms with van der Waals surface area (Å²) in [6.45, 7) is -0.702. The van der Waals surface area contributed by atoms with Crippen molar-refractivity contribution in [1.29, 1.82) is 0 Å². The number of hydrogen-bond acceptors (Lipinski definition) is 4. The number of alkyl halides is 1. The number of benzene rings is 1. The van der Waals surface area contributed by atoms with E-state index in [0.717, 1.165) is 0 Å². The lowest BCUT2D eigenvalue weighted by molar-refractivity contribution is -0.214. The lowest BCUT2D eigenvalue weighted by Crippen LogP contribution is -2.43. The van der Waals surface area contributed by atoms with Crippen LogP contribution in [0, 0.1) is 0 Å². The normalized spacial score (nSPS) is 26.9. The highest BCUT2D eigenvalue weighted by Crippen LogP contribution is 2.24. The largest absolute Gasteiger partial charge is 0.456 e. The van der Waals surface area contributed by atoms with Gasteiger partial charge in [-0.25, -0.2) is 9.18 Å². The number of ether oxygens (including phenoxy) is 3. The third-order valence-corrected chi connectivity index (χ3v) is 3.11. The smallest absolute Gasteiger partial charge is 0.338 e. The highest BCUT2D eigenvalue weighted by molar-refractivity contribution is 5.89. The fraction of sp³-hybridized carbons (Fsp3) is 0.500. The van der Waals surface area contributed by atoms with Gasteiger partial charge in [-0.2, -0.15) is 0 Å². The number of esters is 1. The van der Waals surface area contributed by atoms with Gasteiger partial charge in [-0.1, -0.05) is 18.2 Å². The molecular weight excluding hydrogens is 251 g/mol. The second-order valence-corrected chi connectivity index (χ2v) is 4.38. The van der Waals surface area contributed by atoms with Crippen LogP contribution in [0.15, 0.2) is 30.3 Å². The van der Waals surface area contributed by atoms with Crippen LogP contribution in [-0.2, 0) is 14.2 Å². The highest BCUT2D eigenvalue weighted by atomic mass is 19.1. The van der Waals surface area contributed by atoms with E-state index < -0.39 is 31.1 Å². The summed E-state index contributed by atoms with van der Waals surface area (Å²) in [6.07, 6.45) is -0.631. The van der Waals surface area contributed by atoms with Gasteiger partial charge in [0.05, 0.1) is 5.56 Å². The molecule has 1 aromatic carbocycles. The molecule has 1 aliphatic rings. The van der Waals surface area contributed by atoms with Gasteiger partial charge in [-0.05, 0) is 18.6 Å². The third kappa shape index (κ3) is 3.52. The maximum atomic E-state index is 12.9. The summed E-state index contributed by atoms with van der Waals surface area (Å²) in [5.41, 5.74) is 0.453. The van der Waals surface area contributed by atoms with Crippen molar-refractivity contribution in [3.8, 4) is 0 Å². The molecule has 0 N–H and O–H groups in total. The van der Waals surface area contributed by atoms with E-state index in [4.69, 9.17) is 14.2 Å². The number of rotatable bonds is 4. The van der Waals surface area contributed by atoms with E-state index in [1.807, 2.05) is 6.07 Å². The van der Waals surface area contributed by atoms with Crippen LogP contribution in [0.3, 0.4) is 0 Å². The first-order valence-electron chi connectivity index (χ1n) is 6.25. The van der Waals surface area contributed by atoms with Crippen LogP contribution in [0.4, 0.5) is 4.39 Å². The van der Waals surface area contributed by atoms with Gasteiger partial charge in [-0.15, -0.1) is 0 Å². The molecule has 19 heavy (non-hydrogen) atoms. The zero-order chi connectivity index (χ0) is 13.7. The maximum Gasteiger partial charge on any atom is 0.338 e. The molecule has 0 radical (unpaired) electrons. The van der Waals surface area contributed by atoms with E-state index in [1.165, 1.54) is 7.11 Å². The standard InChI is InChI=1S/C14H17FO4/c1-17-13-8-7-11(12(9-15)18-13)19-14(16)10-5-3-2-4-6-10/h2-6,11-13H,7-9H2,1H3/t11-,12-,13-/m0/s1. The number of halogens is 1. The summed E-state index contributed by atoms with van der Waals surface area (Å²) < 4.78 is 28.6. The zero-order valence-corrected chi connectivity index (χ0v) is 10.8. The molecule has 0 saturated carbocycles. The number of carbonyl (C=O) groups is 1. The van der Waals surface area contributed by atoms with E-state index >= 15 is 0 Å². The predicted molar refractivity (Wildman–Crippen MR) is 66.5 cm³/mol. The summed E-state index contributed by atoms with van der Waals surface area (Å²) >= 11 is 0. The Labute approximate surface area is 111 Å². The van der Waals surface area contributed by atoms with Gasteiger partial charge >= 0.3 is 5.97 Å². The highest BCUT2D eigenvalue weighted by Gasteiger charge is 2.34. The second-order valence-electron chi connectivity index (χ2n) is 4.38. The Balaban J connectivity index is 1.96. The Bertz CT molecular complexity index is 409. The van der Waals surface area contributed by atoms with Crippen molar-refractivity contribution in [2.24, 2.45) is 0 Å². The SMILES string of the molecule is CO[C@@H]1CC[C@H](OC(=O)c2ccccc2)[C@H](CF)O1. The van der Waals surface area contributed by atoms with Gasteiger partial charge in [0.2, 0.25) is 0 Å².